The number of allylic oxidation sites excluding steroid dienone is 6. The van der Waals surface area contributed by atoms with Gasteiger partial charge in [0.25, 0.3) is 5.91 Å². The second kappa shape index (κ2) is 16.9. The zero-order valence-corrected chi connectivity index (χ0v) is 31.6. The van der Waals surface area contributed by atoms with Crippen molar-refractivity contribution < 1.29 is 36.7 Å². The molecule has 0 aliphatic carbocycles. The zero-order valence-electron chi connectivity index (χ0n) is 29.9. The number of nitrogens with zero attached hydrogens (tertiary/aromatic N) is 3. The molecule has 2 aromatic rings. The van der Waals surface area contributed by atoms with E-state index in [4.69, 9.17) is 9.02 Å². The van der Waals surface area contributed by atoms with E-state index in [1.165, 1.54) is 14.2 Å². The summed E-state index contributed by atoms with van der Waals surface area (Å²) in [6, 6.07) is 11.8. The number of hydroxylamine groups is 2. The summed E-state index contributed by atoms with van der Waals surface area (Å²) in [5.41, 5.74) is 6.03. The third-order valence-corrected chi connectivity index (χ3v) is 10.8. The van der Waals surface area contributed by atoms with Crippen molar-refractivity contribution in [2.75, 3.05) is 32.6 Å². The quantitative estimate of drug-likeness (QED) is 0.0510. The number of fused-ring (bicyclic) bond motifs is 2. The molecule has 1 N–H and O–H groups in total. The lowest BCUT2D eigenvalue weighted by molar-refractivity contribution is -0.401. The standard InChI is InChI=1S/C38H47N3O7S2/c1-37(2)30-26-28(50(46)47-7)20-22-31(30)39(5)33(37)15-10-8-11-16-34-38(3,4)29-25-27(49-45)19-21-32(29)41(34)23-13-9-12-18-36(44)48-40(6)35(43)17-14-24-42/h8,10-11,15-16,19-22,24-26H,9,12-14,17-18,23H2,1-7H3/p+1. The Bertz CT molecular complexity index is 1760. The monoisotopic (exact) mass is 722 g/mol. The van der Waals surface area contributed by atoms with Crippen molar-refractivity contribution in [2.24, 2.45) is 0 Å². The highest BCUT2D eigenvalue weighted by Crippen LogP contribution is 2.49. The summed E-state index contributed by atoms with van der Waals surface area (Å²) in [5, 5.41) is 0.904. The van der Waals surface area contributed by atoms with Crippen molar-refractivity contribution in [1.29, 1.82) is 0 Å². The molecule has 12 heteroatoms. The predicted molar refractivity (Wildman–Crippen MR) is 198 cm³/mol. The molecule has 1 atom stereocenters. The van der Waals surface area contributed by atoms with Crippen molar-refractivity contribution >= 4 is 58.4 Å². The van der Waals surface area contributed by atoms with E-state index in [-0.39, 0.29) is 30.1 Å². The first-order valence-corrected chi connectivity index (χ1v) is 18.5. The van der Waals surface area contributed by atoms with E-state index in [1.54, 1.807) is 0 Å². The van der Waals surface area contributed by atoms with Crippen LogP contribution >= 0.6 is 12.0 Å². The Kier molecular flexibility index (Phi) is 13.2. The Labute approximate surface area is 302 Å². The SMILES string of the molecule is COS(=O)c1ccc2c(c1)C(C)(C)C(/C=C/C=C/C=C1/N(CCCCCC(=O)ON(C)C(=O)CCC=O)c3ccc(SO)cc3C1(C)C)=[N+]2C. The lowest BCUT2D eigenvalue weighted by Crippen LogP contribution is -2.29. The molecule has 268 valence electrons. The third-order valence-electron chi connectivity index (χ3n) is 9.38. The van der Waals surface area contributed by atoms with Gasteiger partial charge in [0.2, 0.25) is 5.69 Å². The molecule has 0 spiro atoms. The van der Waals surface area contributed by atoms with Crippen LogP contribution in [0.25, 0.3) is 0 Å². The molecule has 1 unspecified atom stereocenters. The summed E-state index contributed by atoms with van der Waals surface area (Å²) in [6.07, 6.45) is 13.5. The number of rotatable bonds is 15. The maximum Gasteiger partial charge on any atom is 0.332 e. The molecule has 0 fully saturated rings. The van der Waals surface area contributed by atoms with Crippen LogP contribution in [0.15, 0.2) is 82.3 Å². The van der Waals surface area contributed by atoms with E-state index in [0.29, 0.717) is 17.6 Å². The number of hydrogen-bond acceptors (Lipinski definition) is 9. The zero-order chi connectivity index (χ0) is 36.6. The smallest absolute Gasteiger partial charge is 0.332 e. The minimum absolute atomic E-state index is 0.00579. The van der Waals surface area contributed by atoms with E-state index < -0.39 is 23.0 Å². The van der Waals surface area contributed by atoms with Gasteiger partial charge in [0.05, 0.1) is 17.4 Å². The van der Waals surface area contributed by atoms with Gasteiger partial charge < -0.3 is 19.1 Å². The molecule has 50 heavy (non-hydrogen) atoms. The fourth-order valence-corrected chi connectivity index (χ4v) is 7.52. The van der Waals surface area contributed by atoms with Crippen LogP contribution in [-0.2, 0) is 45.3 Å². The number of carbonyl (C=O) groups excluding carboxylic acids is 3. The van der Waals surface area contributed by atoms with Crippen LogP contribution in [0, 0.1) is 0 Å². The first-order valence-electron chi connectivity index (χ1n) is 16.7. The minimum atomic E-state index is -1.50. The first-order chi connectivity index (χ1) is 23.8. The molecule has 0 saturated carbocycles. The molecule has 4 rings (SSSR count). The summed E-state index contributed by atoms with van der Waals surface area (Å²) >= 11 is -0.767. The second-order valence-electron chi connectivity index (χ2n) is 13.4. The summed E-state index contributed by atoms with van der Waals surface area (Å²) < 4.78 is 29.3. The number of aldehydes is 1. The highest BCUT2D eigenvalue weighted by Gasteiger charge is 2.43. The van der Waals surface area contributed by atoms with Gasteiger partial charge in [-0.2, -0.15) is 9.64 Å². The Hall–Kier alpha value is -3.84. The normalized spacial score (nSPS) is 17.4. The van der Waals surface area contributed by atoms with Crippen molar-refractivity contribution in [3.63, 3.8) is 0 Å². The Morgan fingerprint density at radius 3 is 2.46 bits per heavy atom. The number of benzene rings is 2. The van der Waals surface area contributed by atoms with E-state index in [1.807, 2.05) is 55.6 Å². The number of anilines is 1. The molecule has 1 amide bonds. The van der Waals surface area contributed by atoms with E-state index in [2.05, 4.69) is 55.4 Å². The number of hydrogen-bond donors (Lipinski definition) is 1. The Morgan fingerprint density at radius 2 is 1.76 bits per heavy atom. The fourth-order valence-electron chi connectivity index (χ4n) is 6.63. The maximum atomic E-state index is 12.3. The fraction of sp³-hybridized carbons (Fsp3) is 0.421. The first kappa shape index (κ1) is 39.0. The molecule has 0 saturated heterocycles. The van der Waals surface area contributed by atoms with Crippen molar-refractivity contribution in [1.82, 2.24) is 5.06 Å². The molecule has 0 bridgehead atoms. The summed E-state index contributed by atoms with van der Waals surface area (Å²) in [4.78, 5) is 43.5. The Morgan fingerprint density at radius 1 is 1.00 bits per heavy atom. The van der Waals surface area contributed by atoms with Crippen LogP contribution in [0.3, 0.4) is 0 Å². The van der Waals surface area contributed by atoms with Crippen molar-refractivity contribution in [3.8, 4) is 0 Å². The molecule has 2 aromatic carbocycles. The Balaban J connectivity index is 1.45. The number of amides is 1. The van der Waals surface area contributed by atoms with Gasteiger partial charge in [-0.05, 0) is 68.7 Å². The van der Waals surface area contributed by atoms with Crippen LogP contribution in [0.2, 0.25) is 0 Å². The van der Waals surface area contributed by atoms with Crippen LogP contribution in [0.1, 0.15) is 77.3 Å². The van der Waals surface area contributed by atoms with Gasteiger partial charge in [-0.15, -0.1) is 0 Å². The van der Waals surface area contributed by atoms with Gasteiger partial charge in [0.1, 0.15) is 13.3 Å². The van der Waals surface area contributed by atoms with Crippen molar-refractivity contribution in [2.45, 2.75) is 86.8 Å². The third kappa shape index (κ3) is 8.54. The number of unbranched alkanes of at least 4 members (excludes halogenated alkanes) is 2. The summed E-state index contributed by atoms with van der Waals surface area (Å²) in [5.74, 6) is -0.892. The van der Waals surface area contributed by atoms with E-state index in [0.717, 1.165) is 75.3 Å². The van der Waals surface area contributed by atoms with Gasteiger partial charge in [-0.25, -0.2) is 9.00 Å². The average molecular weight is 723 g/mol. The molecular weight excluding hydrogens is 675 g/mol. The lowest BCUT2D eigenvalue weighted by atomic mass is 9.81. The topological polar surface area (TPSA) is 116 Å². The van der Waals surface area contributed by atoms with Gasteiger partial charge >= 0.3 is 5.97 Å². The minimum Gasteiger partial charge on any atom is -0.344 e. The molecule has 10 nitrogen and oxygen atoms in total. The highest BCUT2D eigenvalue weighted by atomic mass is 32.2. The molecule has 0 radical (unpaired) electrons. The van der Waals surface area contributed by atoms with Crippen LogP contribution in [0.4, 0.5) is 11.4 Å². The molecule has 0 aromatic heterocycles. The average Bonchev–Trinajstić information content (AvgIpc) is 3.42. The molecule has 2 aliphatic rings. The van der Waals surface area contributed by atoms with Gasteiger partial charge in [-0.1, -0.05) is 38.5 Å². The predicted octanol–water partition coefficient (Wildman–Crippen LogP) is 7.18. The van der Waals surface area contributed by atoms with E-state index in [9.17, 15) is 23.1 Å². The lowest BCUT2D eigenvalue weighted by Gasteiger charge is -2.27. The summed E-state index contributed by atoms with van der Waals surface area (Å²) in [7, 11) is 4.86. The summed E-state index contributed by atoms with van der Waals surface area (Å²) in [6.45, 7) is 9.43. The van der Waals surface area contributed by atoms with Gasteiger partial charge in [0, 0.05) is 84.3 Å². The van der Waals surface area contributed by atoms with Gasteiger partial charge in [0.15, 0.2) is 16.8 Å². The van der Waals surface area contributed by atoms with Crippen LogP contribution in [0.5, 0.6) is 0 Å². The number of carbonyl (C=O) groups is 3. The largest absolute Gasteiger partial charge is 0.344 e. The van der Waals surface area contributed by atoms with Crippen LogP contribution in [-0.4, -0.2) is 70.0 Å². The molecule has 2 heterocycles. The van der Waals surface area contributed by atoms with Crippen molar-refractivity contribution in [3.05, 3.63) is 83.6 Å². The van der Waals surface area contributed by atoms with E-state index >= 15 is 0 Å². The second-order valence-corrected chi connectivity index (χ2v) is 15.3. The van der Waals surface area contributed by atoms with Crippen LogP contribution < -0.4 is 4.90 Å². The maximum absolute atomic E-state index is 12.3. The molecule has 2 aliphatic heterocycles. The van der Waals surface area contributed by atoms with Gasteiger partial charge in [-0.3, -0.25) is 8.98 Å². The molecular formula is C38H48N3O7S2+. The highest BCUT2D eigenvalue weighted by molar-refractivity contribution is 7.93.